The van der Waals surface area contributed by atoms with Gasteiger partial charge in [0.1, 0.15) is 0 Å². The van der Waals surface area contributed by atoms with E-state index >= 15 is 0 Å². The quantitative estimate of drug-likeness (QED) is 0.458. The Morgan fingerprint density at radius 3 is 1.92 bits per heavy atom. The molecule has 0 amide bonds. The zero-order chi connectivity index (χ0) is 16.3. The van der Waals surface area contributed by atoms with E-state index in [9.17, 15) is 4.79 Å². The first-order valence-corrected chi connectivity index (χ1v) is 7.47. The molecule has 0 aliphatic heterocycles. The van der Waals surface area contributed by atoms with Gasteiger partial charge in [0.25, 0.3) is 0 Å². The third-order valence-corrected chi connectivity index (χ3v) is 2.97. The largest absolute Gasteiger partial charge is 2.00 e. The summed E-state index contributed by atoms with van der Waals surface area (Å²) in [5, 5.41) is 0. The molecular weight excluding hydrogens is 340 g/mol. The third-order valence-electron chi connectivity index (χ3n) is 2.97. The van der Waals surface area contributed by atoms with Gasteiger partial charge in [0.15, 0.2) is 0 Å². The molecule has 2 aliphatic carbocycles. The Morgan fingerprint density at radius 1 is 0.875 bits per heavy atom. The smallest absolute Gasteiger partial charge is 0.462 e. The maximum atomic E-state index is 11.4. The summed E-state index contributed by atoms with van der Waals surface area (Å²) in [5.41, 5.74) is 1.43. The van der Waals surface area contributed by atoms with E-state index in [4.69, 9.17) is 4.74 Å². The molecule has 24 heavy (non-hydrogen) atoms. The summed E-state index contributed by atoms with van der Waals surface area (Å²) < 4.78 is 4.91. The maximum Gasteiger partial charge on any atom is 2.00 e. The summed E-state index contributed by atoms with van der Waals surface area (Å²) >= 11 is 0. The molecule has 3 rings (SSSR count). The molecule has 0 atom stereocenters. The van der Waals surface area contributed by atoms with Crippen LogP contribution < -0.4 is 0 Å². The zero-order valence-electron chi connectivity index (χ0n) is 13.4. The number of rotatable bonds is 2. The Morgan fingerprint density at radius 2 is 1.42 bits per heavy atom. The number of carbonyl (C=O) groups excluding carboxylic acids is 1. The van der Waals surface area contributed by atoms with Crippen molar-refractivity contribution in [3.63, 3.8) is 0 Å². The van der Waals surface area contributed by atoms with Gasteiger partial charge in [-0.15, -0.1) is 0 Å². The predicted molar refractivity (Wildman–Crippen MR) is 91.2 cm³/mol. The van der Waals surface area contributed by atoms with Crippen LogP contribution in [0.5, 0.6) is 0 Å². The zero-order valence-corrected chi connectivity index (χ0v) is 14.5. The summed E-state index contributed by atoms with van der Waals surface area (Å²) in [6.45, 7) is 2.18. The molecule has 2 nitrogen and oxygen atoms in total. The molecule has 0 unspecified atom stereocenters. The van der Waals surface area contributed by atoms with Crippen LogP contribution in [0.3, 0.4) is 0 Å². The van der Waals surface area contributed by atoms with E-state index in [1.165, 1.54) is 0 Å². The van der Waals surface area contributed by atoms with Gasteiger partial charge in [-0.1, -0.05) is 11.8 Å². The second kappa shape index (κ2) is 12.2. The van der Waals surface area contributed by atoms with Crippen molar-refractivity contribution in [2.24, 2.45) is 0 Å². The standard InChI is InChI=1S/C16H13O2.C5H5.Fe/c1-2-18-16(17)15-11-9-14(10-12-15)8-7-13-5-3-4-6-13;1-2-4-5-3-1;/h3-6,9-12H,2H2,1H3;1-5H;/q;;+2. The molecule has 0 aromatic heterocycles. The Kier molecular flexibility index (Phi) is 10.6. The van der Waals surface area contributed by atoms with Crippen LogP contribution in [0, 0.1) is 75.5 Å². The van der Waals surface area contributed by atoms with Crippen molar-refractivity contribution in [1.82, 2.24) is 0 Å². The van der Waals surface area contributed by atoms with E-state index in [2.05, 4.69) is 11.8 Å². The second-order valence-corrected chi connectivity index (χ2v) is 4.68. The third kappa shape index (κ3) is 7.56. The van der Waals surface area contributed by atoms with Crippen LogP contribution in [0.15, 0.2) is 24.3 Å². The van der Waals surface area contributed by atoms with Gasteiger partial charge in [-0.05, 0) is 89.0 Å². The minimum atomic E-state index is -0.298. The van der Waals surface area contributed by atoms with E-state index in [1.54, 1.807) is 19.1 Å². The predicted octanol–water partition coefficient (Wildman–Crippen LogP) is 3.64. The molecule has 0 bridgehead atoms. The van der Waals surface area contributed by atoms with Gasteiger partial charge in [0.2, 0.25) is 0 Å². The average molecular weight is 358 g/mol. The first kappa shape index (κ1) is 20.8. The fraction of sp³-hybridized carbons (Fsp3) is 0.0952. The van der Waals surface area contributed by atoms with Crippen LogP contribution in [-0.2, 0) is 21.8 Å². The fourth-order valence-corrected chi connectivity index (χ4v) is 1.83. The molecule has 0 heterocycles. The average Bonchev–Trinajstić information content (AvgIpc) is 3.29. The molecule has 120 valence electrons. The minimum absolute atomic E-state index is 0. The molecule has 2 aliphatic rings. The molecule has 3 heteroatoms. The summed E-state index contributed by atoms with van der Waals surface area (Å²) in [6, 6.07) is 7.10. The van der Waals surface area contributed by atoms with E-state index in [0.29, 0.717) is 12.2 Å². The molecule has 2 fully saturated rings. The van der Waals surface area contributed by atoms with E-state index in [-0.39, 0.29) is 23.0 Å². The topological polar surface area (TPSA) is 26.3 Å². The second-order valence-electron chi connectivity index (χ2n) is 4.68. The first-order valence-electron chi connectivity index (χ1n) is 7.47. The van der Waals surface area contributed by atoms with E-state index in [1.807, 2.05) is 69.9 Å². The number of hydrogen-bond donors (Lipinski definition) is 0. The van der Waals surface area contributed by atoms with Crippen molar-refractivity contribution >= 4 is 5.97 Å². The SMILES string of the molecule is CCOC(=O)c1ccc(C#C[C]2[CH][CH][CH][CH]2)cc1.[CH]1[CH][CH][CH][CH]1.[Fe+2]. The van der Waals surface area contributed by atoms with Crippen LogP contribution in [-0.4, -0.2) is 12.6 Å². The Hall–Kier alpha value is -1.23. The number of ether oxygens (including phenoxy) is 1. The van der Waals surface area contributed by atoms with Crippen molar-refractivity contribution in [3.8, 4) is 11.8 Å². The van der Waals surface area contributed by atoms with E-state index in [0.717, 1.165) is 11.5 Å². The van der Waals surface area contributed by atoms with Crippen molar-refractivity contribution < 1.29 is 26.6 Å². The van der Waals surface area contributed by atoms with Gasteiger partial charge in [-0.2, -0.15) is 0 Å². The van der Waals surface area contributed by atoms with Gasteiger partial charge in [0, 0.05) is 5.56 Å². The van der Waals surface area contributed by atoms with Gasteiger partial charge in [0.05, 0.1) is 18.1 Å². The van der Waals surface area contributed by atoms with Gasteiger partial charge in [-0.3, -0.25) is 0 Å². The van der Waals surface area contributed by atoms with Crippen molar-refractivity contribution in [3.05, 3.63) is 99.1 Å². The van der Waals surface area contributed by atoms with Gasteiger partial charge < -0.3 is 4.74 Å². The van der Waals surface area contributed by atoms with Gasteiger partial charge in [-0.25, -0.2) is 4.79 Å². The molecule has 1 aromatic rings. The molecule has 0 spiro atoms. The normalized spacial score (nSPS) is 16.2. The number of hydrogen-bond acceptors (Lipinski definition) is 2. The van der Waals surface area contributed by atoms with Crippen molar-refractivity contribution in [2.45, 2.75) is 6.92 Å². The van der Waals surface area contributed by atoms with E-state index < -0.39 is 0 Å². The fourth-order valence-electron chi connectivity index (χ4n) is 1.83. The van der Waals surface area contributed by atoms with Crippen LogP contribution in [0.4, 0.5) is 0 Å². The van der Waals surface area contributed by atoms with Crippen LogP contribution in [0.25, 0.3) is 0 Å². The number of carbonyl (C=O) groups is 1. The number of benzene rings is 1. The van der Waals surface area contributed by atoms with Crippen molar-refractivity contribution in [1.29, 1.82) is 0 Å². The van der Waals surface area contributed by atoms with Gasteiger partial charge >= 0.3 is 23.0 Å². The molecule has 1 aromatic carbocycles. The molecular formula is C21H18FeO2+2. The monoisotopic (exact) mass is 358 g/mol. The molecule has 0 saturated heterocycles. The maximum absolute atomic E-state index is 11.4. The minimum Gasteiger partial charge on any atom is -0.462 e. The van der Waals surface area contributed by atoms with Crippen LogP contribution in [0.2, 0.25) is 0 Å². The molecule has 0 N–H and O–H groups in total. The van der Waals surface area contributed by atoms with Crippen LogP contribution >= 0.6 is 0 Å². The summed E-state index contributed by atoms with van der Waals surface area (Å²) in [6.07, 6.45) is 17.8. The Labute approximate surface area is 157 Å². The van der Waals surface area contributed by atoms with Crippen molar-refractivity contribution in [2.75, 3.05) is 6.61 Å². The molecule has 2 saturated carbocycles. The summed E-state index contributed by atoms with van der Waals surface area (Å²) in [5.74, 6) is 6.78. The Bertz CT molecular complexity index is 522. The van der Waals surface area contributed by atoms with Crippen LogP contribution in [0.1, 0.15) is 22.8 Å². The Balaban J connectivity index is 0.000000412. The molecule has 10 radical (unpaired) electrons. The number of esters is 1. The first-order chi connectivity index (χ1) is 11.3. The summed E-state index contributed by atoms with van der Waals surface area (Å²) in [4.78, 5) is 11.4. The summed E-state index contributed by atoms with van der Waals surface area (Å²) in [7, 11) is 0.